The summed E-state index contributed by atoms with van der Waals surface area (Å²) in [5, 5.41) is 0. The van der Waals surface area contributed by atoms with Crippen LogP contribution >= 0.6 is 0 Å². The van der Waals surface area contributed by atoms with Crippen LogP contribution in [-0.2, 0) is 23.8 Å². The van der Waals surface area contributed by atoms with Gasteiger partial charge in [-0.1, -0.05) is 13.5 Å². The molecular formula is C11H18O5. The topological polar surface area (TPSA) is 61.8 Å². The molecule has 0 radical (unpaired) electrons. The second kappa shape index (κ2) is 10.2. The Morgan fingerprint density at radius 3 is 2.31 bits per heavy atom. The predicted molar refractivity (Wildman–Crippen MR) is 57.8 cm³/mol. The van der Waals surface area contributed by atoms with E-state index in [1.54, 1.807) is 0 Å². The maximum Gasteiger partial charge on any atom is 0.330 e. The SMILES string of the molecule is C=CC(=O)OCCOCCOC(=O)CCC. The van der Waals surface area contributed by atoms with Crippen molar-refractivity contribution in [3.63, 3.8) is 0 Å². The molecule has 0 rings (SSSR count). The molecule has 0 aliphatic carbocycles. The zero-order valence-electron chi connectivity index (χ0n) is 9.57. The van der Waals surface area contributed by atoms with Gasteiger partial charge in [0.15, 0.2) is 0 Å². The third-order valence-corrected chi connectivity index (χ3v) is 1.58. The van der Waals surface area contributed by atoms with Gasteiger partial charge >= 0.3 is 11.9 Å². The maximum absolute atomic E-state index is 10.9. The van der Waals surface area contributed by atoms with Crippen LogP contribution in [0.25, 0.3) is 0 Å². The zero-order valence-corrected chi connectivity index (χ0v) is 9.57. The Labute approximate surface area is 95.4 Å². The quantitative estimate of drug-likeness (QED) is 0.337. The minimum absolute atomic E-state index is 0.174. The van der Waals surface area contributed by atoms with Crippen LogP contribution in [0, 0.1) is 0 Å². The Bertz CT molecular complexity index is 224. The molecule has 0 amide bonds. The molecular weight excluding hydrogens is 212 g/mol. The van der Waals surface area contributed by atoms with Gasteiger partial charge in [-0.3, -0.25) is 4.79 Å². The lowest BCUT2D eigenvalue weighted by Gasteiger charge is -2.05. The molecule has 0 fully saturated rings. The van der Waals surface area contributed by atoms with E-state index < -0.39 is 5.97 Å². The average molecular weight is 230 g/mol. The lowest BCUT2D eigenvalue weighted by molar-refractivity contribution is -0.145. The monoisotopic (exact) mass is 230 g/mol. The lowest BCUT2D eigenvalue weighted by atomic mass is 10.3. The molecule has 0 unspecified atom stereocenters. The molecule has 5 nitrogen and oxygen atoms in total. The van der Waals surface area contributed by atoms with Gasteiger partial charge in [0.25, 0.3) is 0 Å². The van der Waals surface area contributed by atoms with Gasteiger partial charge in [0.05, 0.1) is 13.2 Å². The molecule has 0 aliphatic rings. The molecule has 0 bridgehead atoms. The molecule has 0 aliphatic heterocycles. The van der Waals surface area contributed by atoms with Crippen molar-refractivity contribution in [1.29, 1.82) is 0 Å². The van der Waals surface area contributed by atoms with Gasteiger partial charge in [-0.2, -0.15) is 0 Å². The van der Waals surface area contributed by atoms with Crippen molar-refractivity contribution >= 4 is 11.9 Å². The summed E-state index contributed by atoms with van der Waals surface area (Å²) in [6, 6.07) is 0. The van der Waals surface area contributed by atoms with Crippen molar-refractivity contribution in [3.8, 4) is 0 Å². The summed E-state index contributed by atoms with van der Waals surface area (Å²) >= 11 is 0. The second-order valence-corrected chi connectivity index (χ2v) is 2.95. The number of rotatable bonds is 9. The molecule has 0 aromatic heterocycles. The Morgan fingerprint density at radius 2 is 1.75 bits per heavy atom. The van der Waals surface area contributed by atoms with Crippen LogP contribution in [0.4, 0.5) is 0 Å². The number of ether oxygens (including phenoxy) is 3. The van der Waals surface area contributed by atoms with Gasteiger partial charge in [0.2, 0.25) is 0 Å². The predicted octanol–water partition coefficient (Wildman–Crippen LogP) is 1.08. The van der Waals surface area contributed by atoms with Crippen molar-refractivity contribution in [2.24, 2.45) is 0 Å². The van der Waals surface area contributed by atoms with Gasteiger partial charge in [0, 0.05) is 12.5 Å². The fraction of sp³-hybridized carbons (Fsp3) is 0.636. The van der Waals surface area contributed by atoms with E-state index in [9.17, 15) is 9.59 Å². The van der Waals surface area contributed by atoms with Crippen LogP contribution in [0.1, 0.15) is 19.8 Å². The minimum Gasteiger partial charge on any atom is -0.463 e. The Hall–Kier alpha value is -1.36. The molecule has 0 spiro atoms. The van der Waals surface area contributed by atoms with E-state index in [-0.39, 0.29) is 25.8 Å². The first kappa shape index (κ1) is 14.6. The fourth-order valence-corrected chi connectivity index (χ4v) is 0.853. The Morgan fingerprint density at radius 1 is 1.12 bits per heavy atom. The van der Waals surface area contributed by atoms with E-state index in [2.05, 4.69) is 11.3 Å². The number of carbonyl (C=O) groups is 2. The van der Waals surface area contributed by atoms with Crippen LogP contribution in [0.3, 0.4) is 0 Å². The van der Waals surface area contributed by atoms with Gasteiger partial charge in [-0.05, 0) is 6.42 Å². The van der Waals surface area contributed by atoms with Crippen LogP contribution in [0.5, 0.6) is 0 Å². The highest BCUT2D eigenvalue weighted by atomic mass is 16.6. The molecule has 92 valence electrons. The number of hydrogen-bond acceptors (Lipinski definition) is 5. The van der Waals surface area contributed by atoms with Gasteiger partial charge < -0.3 is 14.2 Å². The van der Waals surface area contributed by atoms with Gasteiger partial charge in [-0.25, -0.2) is 4.79 Å². The summed E-state index contributed by atoms with van der Waals surface area (Å²) in [5.41, 5.74) is 0. The molecule has 0 saturated carbocycles. The maximum atomic E-state index is 10.9. The first-order valence-electron chi connectivity index (χ1n) is 5.23. The lowest BCUT2D eigenvalue weighted by Crippen LogP contribution is -2.13. The smallest absolute Gasteiger partial charge is 0.330 e. The van der Waals surface area contributed by atoms with Crippen molar-refractivity contribution in [2.45, 2.75) is 19.8 Å². The number of carbonyl (C=O) groups excluding carboxylic acids is 2. The molecule has 0 N–H and O–H groups in total. The second-order valence-electron chi connectivity index (χ2n) is 2.95. The first-order valence-corrected chi connectivity index (χ1v) is 5.23. The molecule has 0 atom stereocenters. The zero-order chi connectivity index (χ0) is 12.2. The third-order valence-electron chi connectivity index (χ3n) is 1.58. The van der Waals surface area contributed by atoms with Gasteiger partial charge in [0.1, 0.15) is 13.2 Å². The standard InChI is InChI=1S/C11H18O5/c1-3-5-11(13)16-9-7-14-6-8-15-10(12)4-2/h4H,2-3,5-9H2,1H3. The average Bonchev–Trinajstić information content (AvgIpc) is 2.27. The van der Waals surface area contributed by atoms with Crippen LogP contribution in [0.2, 0.25) is 0 Å². The molecule has 0 aromatic rings. The van der Waals surface area contributed by atoms with Crippen molar-refractivity contribution in [2.75, 3.05) is 26.4 Å². The summed E-state index contributed by atoms with van der Waals surface area (Å²) in [5.74, 6) is -0.692. The summed E-state index contributed by atoms with van der Waals surface area (Å²) < 4.78 is 14.6. The van der Waals surface area contributed by atoms with E-state index in [1.165, 1.54) is 0 Å². The van der Waals surface area contributed by atoms with E-state index >= 15 is 0 Å². The Kier molecular flexibility index (Phi) is 9.30. The van der Waals surface area contributed by atoms with Gasteiger partial charge in [-0.15, -0.1) is 0 Å². The highest BCUT2D eigenvalue weighted by Crippen LogP contribution is 1.91. The normalized spacial score (nSPS) is 9.56. The largest absolute Gasteiger partial charge is 0.463 e. The van der Waals surface area contributed by atoms with E-state index in [0.717, 1.165) is 12.5 Å². The highest BCUT2D eigenvalue weighted by molar-refractivity contribution is 5.81. The van der Waals surface area contributed by atoms with Crippen molar-refractivity contribution < 1.29 is 23.8 Å². The summed E-state index contributed by atoms with van der Waals surface area (Å²) in [6.07, 6.45) is 2.29. The fourth-order valence-electron chi connectivity index (χ4n) is 0.853. The van der Waals surface area contributed by atoms with Crippen molar-refractivity contribution in [3.05, 3.63) is 12.7 Å². The van der Waals surface area contributed by atoms with E-state index in [1.807, 2.05) is 6.92 Å². The molecule has 0 heterocycles. The van der Waals surface area contributed by atoms with Crippen molar-refractivity contribution in [1.82, 2.24) is 0 Å². The minimum atomic E-state index is -0.474. The summed E-state index contributed by atoms with van der Waals surface area (Å²) in [6.45, 7) is 6.16. The van der Waals surface area contributed by atoms with E-state index in [4.69, 9.17) is 9.47 Å². The molecule has 5 heteroatoms. The van der Waals surface area contributed by atoms with Crippen LogP contribution in [-0.4, -0.2) is 38.4 Å². The first-order chi connectivity index (χ1) is 7.70. The molecule has 0 saturated heterocycles. The van der Waals surface area contributed by atoms with Crippen LogP contribution < -0.4 is 0 Å². The van der Waals surface area contributed by atoms with Crippen LogP contribution in [0.15, 0.2) is 12.7 Å². The Balaban J connectivity index is 3.18. The highest BCUT2D eigenvalue weighted by Gasteiger charge is 2.00. The third kappa shape index (κ3) is 9.21. The number of esters is 2. The van der Waals surface area contributed by atoms with E-state index in [0.29, 0.717) is 13.0 Å². The summed E-state index contributed by atoms with van der Waals surface area (Å²) in [4.78, 5) is 21.5. The molecule has 16 heavy (non-hydrogen) atoms. The molecule has 0 aromatic carbocycles. The summed E-state index contributed by atoms with van der Waals surface area (Å²) in [7, 11) is 0. The number of hydrogen-bond donors (Lipinski definition) is 0.